The Morgan fingerprint density at radius 3 is 2.95 bits per heavy atom. The standard InChI is InChI=1S/C15H16FN3O2/c1-9-12(17)5-6-19(9)15(20)14-8-13(18-21-14)10-3-2-4-11(16)7-10/h2-4,7-9,12H,5-6,17H2,1H3/t9-,12-/m0/s1. The smallest absolute Gasteiger partial charge is 0.292 e. The van der Waals surface area contributed by atoms with E-state index in [4.69, 9.17) is 10.3 Å². The van der Waals surface area contributed by atoms with Crippen molar-refractivity contribution in [1.29, 1.82) is 0 Å². The van der Waals surface area contributed by atoms with Gasteiger partial charge in [-0.2, -0.15) is 0 Å². The summed E-state index contributed by atoms with van der Waals surface area (Å²) in [6.07, 6.45) is 0.776. The molecule has 2 aromatic rings. The Morgan fingerprint density at radius 2 is 2.29 bits per heavy atom. The molecule has 2 N–H and O–H groups in total. The maximum Gasteiger partial charge on any atom is 0.292 e. The van der Waals surface area contributed by atoms with E-state index in [9.17, 15) is 9.18 Å². The van der Waals surface area contributed by atoms with Crippen LogP contribution in [-0.2, 0) is 0 Å². The van der Waals surface area contributed by atoms with Gasteiger partial charge in [-0.15, -0.1) is 0 Å². The monoisotopic (exact) mass is 289 g/mol. The van der Waals surface area contributed by atoms with E-state index in [1.807, 2.05) is 6.92 Å². The molecule has 1 saturated heterocycles. The SMILES string of the molecule is C[C@H]1[C@@H](N)CCN1C(=O)c1cc(-c2cccc(F)c2)no1. The van der Waals surface area contributed by atoms with Gasteiger partial charge in [0.15, 0.2) is 0 Å². The van der Waals surface area contributed by atoms with Crippen LogP contribution in [-0.4, -0.2) is 34.6 Å². The average molecular weight is 289 g/mol. The van der Waals surface area contributed by atoms with Gasteiger partial charge in [-0.3, -0.25) is 4.79 Å². The van der Waals surface area contributed by atoms with Crippen LogP contribution in [0.5, 0.6) is 0 Å². The molecule has 3 rings (SSSR count). The molecule has 2 atom stereocenters. The second-order valence-electron chi connectivity index (χ2n) is 5.28. The van der Waals surface area contributed by atoms with E-state index >= 15 is 0 Å². The topological polar surface area (TPSA) is 72.4 Å². The summed E-state index contributed by atoms with van der Waals surface area (Å²) in [6, 6.07) is 7.49. The number of carbonyl (C=O) groups excluding carboxylic acids is 1. The molecule has 1 aliphatic rings. The summed E-state index contributed by atoms with van der Waals surface area (Å²) in [5.74, 6) is -0.441. The quantitative estimate of drug-likeness (QED) is 0.918. The highest BCUT2D eigenvalue weighted by Gasteiger charge is 2.33. The molecule has 110 valence electrons. The Labute approximate surface area is 121 Å². The molecule has 0 aliphatic carbocycles. The zero-order valence-corrected chi connectivity index (χ0v) is 11.6. The van der Waals surface area contributed by atoms with Crippen LogP contribution < -0.4 is 5.73 Å². The number of halogens is 1. The fourth-order valence-corrected chi connectivity index (χ4v) is 2.55. The number of hydrogen-bond donors (Lipinski definition) is 1. The van der Waals surface area contributed by atoms with Gasteiger partial charge in [-0.25, -0.2) is 4.39 Å². The van der Waals surface area contributed by atoms with Crippen molar-refractivity contribution < 1.29 is 13.7 Å². The number of nitrogens with two attached hydrogens (primary N) is 1. The highest BCUT2D eigenvalue weighted by Crippen LogP contribution is 2.23. The van der Waals surface area contributed by atoms with Crippen LogP contribution in [0.2, 0.25) is 0 Å². The van der Waals surface area contributed by atoms with E-state index < -0.39 is 0 Å². The zero-order chi connectivity index (χ0) is 15.0. The first-order valence-electron chi connectivity index (χ1n) is 6.85. The van der Waals surface area contributed by atoms with Crippen molar-refractivity contribution in [2.45, 2.75) is 25.4 Å². The van der Waals surface area contributed by atoms with Crippen molar-refractivity contribution in [3.8, 4) is 11.3 Å². The fraction of sp³-hybridized carbons (Fsp3) is 0.333. The minimum absolute atomic E-state index is 0.0143. The molecule has 2 heterocycles. The number of amides is 1. The summed E-state index contributed by atoms with van der Waals surface area (Å²) >= 11 is 0. The third-order valence-corrected chi connectivity index (χ3v) is 3.92. The summed E-state index contributed by atoms with van der Waals surface area (Å²) in [4.78, 5) is 14.1. The first-order valence-corrected chi connectivity index (χ1v) is 6.85. The van der Waals surface area contributed by atoms with E-state index in [1.165, 1.54) is 18.2 Å². The lowest BCUT2D eigenvalue weighted by Gasteiger charge is -2.21. The molecule has 0 radical (unpaired) electrons. The largest absolute Gasteiger partial charge is 0.350 e. The normalized spacial score (nSPS) is 21.8. The summed E-state index contributed by atoms with van der Waals surface area (Å²) < 4.78 is 18.3. The third kappa shape index (κ3) is 2.54. The van der Waals surface area contributed by atoms with Crippen LogP contribution in [0.1, 0.15) is 23.9 Å². The molecule has 1 amide bonds. The van der Waals surface area contributed by atoms with Gasteiger partial charge in [0.2, 0.25) is 5.76 Å². The molecule has 0 spiro atoms. The third-order valence-electron chi connectivity index (χ3n) is 3.92. The van der Waals surface area contributed by atoms with Crippen molar-refractivity contribution in [1.82, 2.24) is 10.1 Å². The minimum atomic E-state index is -0.359. The zero-order valence-electron chi connectivity index (χ0n) is 11.6. The van der Waals surface area contributed by atoms with Gasteiger partial charge < -0.3 is 15.2 Å². The lowest BCUT2D eigenvalue weighted by molar-refractivity contribution is 0.0700. The van der Waals surface area contributed by atoms with E-state index in [0.29, 0.717) is 17.8 Å². The van der Waals surface area contributed by atoms with Gasteiger partial charge in [0, 0.05) is 30.3 Å². The molecule has 5 nitrogen and oxygen atoms in total. The second kappa shape index (κ2) is 5.29. The number of benzene rings is 1. The second-order valence-corrected chi connectivity index (χ2v) is 5.28. The first kappa shape index (κ1) is 13.8. The van der Waals surface area contributed by atoms with E-state index in [1.54, 1.807) is 17.0 Å². The van der Waals surface area contributed by atoms with Gasteiger partial charge in [-0.1, -0.05) is 17.3 Å². The van der Waals surface area contributed by atoms with E-state index in [2.05, 4.69) is 5.16 Å². The molecular weight excluding hydrogens is 273 g/mol. The van der Waals surface area contributed by atoms with Crippen LogP contribution in [0, 0.1) is 5.82 Å². The van der Waals surface area contributed by atoms with Crippen molar-refractivity contribution in [2.75, 3.05) is 6.54 Å². The molecule has 1 aromatic heterocycles. The molecule has 0 saturated carbocycles. The van der Waals surface area contributed by atoms with Gasteiger partial charge >= 0.3 is 0 Å². The van der Waals surface area contributed by atoms with Crippen molar-refractivity contribution in [3.63, 3.8) is 0 Å². The summed E-state index contributed by atoms with van der Waals surface area (Å²) in [6.45, 7) is 2.52. The Balaban J connectivity index is 1.83. The van der Waals surface area contributed by atoms with E-state index in [-0.39, 0.29) is 29.6 Å². The van der Waals surface area contributed by atoms with Crippen molar-refractivity contribution >= 4 is 5.91 Å². The Morgan fingerprint density at radius 1 is 1.48 bits per heavy atom. The maximum absolute atomic E-state index is 13.2. The molecule has 1 aliphatic heterocycles. The summed E-state index contributed by atoms with van der Waals surface area (Å²) in [5.41, 5.74) is 6.93. The molecule has 1 fully saturated rings. The van der Waals surface area contributed by atoms with Crippen LogP contribution in [0.25, 0.3) is 11.3 Å². The van der Waals surface area contributed by atoms with Gasteiger partial charge in [0.1, 0.15) is 11.5 Å². The van der Waals surface area contributed by atoms with Crippen LogP contribution in [0.3, 0.4) is 0 Å². The summed E-state index contributed by atoms with van der Waals surface area (Å²) in [7, 11) is 0. The number of rotatable bonds is 2. The Bertz CT molecular complexity index is 670. The van der Waals surface area contributed by atoms with Gasteiger partial charge in [0.05, 0.1) is 0 Å². The van der Waals surface area contributed by atoms with Gasteiger partial charge in [-0.05, 0) is 25.5 Å². The number of nitrogens with zero attached hydrogens (tertiary/aromatic N) is 2. The molecule has 21 heavy (non-hydrogen) atoms. The lowest BCUT2D eigenvalue weighted by atomic mass is 10.1. The van der Waals surface area contributed by atoms with Gasteiger partial charge in [0.25, 0.3) is 5.91 Å². The molecule has 0 unspecified atom stereocenters. The van der Waals surface area contributed by atoms with Crippen LogP contribution in [0.15, 0.2) is 34.9 Å². The minimum Gasteiger partial charge on any atom is -0.350 e. The number of hydrogen-bond acceptors (Lipinski definition) is 4. The van der Waals surface area contributed by atoms with Crippen LogP contribution in [0.4, 0.5) is 4.39 Å². The predicted molar refractivity (Wildman–Crippen MR) is 75.0 cm³/mol. The van der Waals surface area contributed by atoms with Crippen molar-refractivity contribution in [2.24, 2.45) is 5.73 Å². The predicted octanol–water partition coefficient (Wildman–Crippen LogP) is 2.04. The maximum atomic E-state index is 13.2. The fourth-order valence-electron chi connectivity index (χ4n) is 2.55. The highest BCUT2D eigenvalue weighted by molar-refractivity contribution is 5.92. The molecular formula is C15H16FN3O2. The van der Waals surface area contributed by atoms with Crippen LogP contribution >= 0.6 is 0 Å². The molecule has 0 bridgehead atoms. The molecule has 6 heteroatoms. The first-order chi connectivity index (χ1) is 10.1. The Kier molecular flexibility index (Phi) is 3.47. The van der Waals surface area contributed by atoms with Crippen molar-refractivity contribution in [3.05, 3.63) is 41.9 Å². The lowest BCUT2D eigenvalue weighted by Crippen LogP contribution is -2.40. The average Bonchev–Trinajstić information content (AvgIpc) is 3.07. The number of carbonyl (C=O) groups is 1. The highest BCUT2D eigenvalue weighted by atomic mass is 19.1. The summed E-state index contributed by atoms with van der Waals surface area (Å²) in [5, 5.41) is 3.84. The van der Waals surface area contributed by atoms with E-state index in [0.717, 1.165) is 6.42 Å². The number of aromatic nitrogens is 1. The molecule has 1 aromatic carbocycles. The Hall–Kier alpha value is -2.21. The number of likely N-dealkylation sites (tertiary alicyclic amines) is 1.